The molecule has 5 nitrogen and oxygen atoms in total. The molecule has 0 saturated carbocycles. The SMILES string of the molecule is CCOC(=O)c1ccc(NCC(=O)NCCc2cccs2)cc1. The van der Waals surface area contributed by atoms with Gasteiger partial charge in [0.25, 0.3) is 0 Å². The number of thiophene rings is 1. The van der Waals surface area contributed by atoms with E-state index in [0.29, 0.717) is 18.7 Å². The fraction of sp³-hybridized carbons (Fsp3) is 0.294. The third-order valence-corrected chi connectivity index (χ3v) is 4.06. The van der Waals surface area contributed by atoms with E-state index in [1.165, 1.54) is 4.88 Å². The maximum atomic E-state index is 11.8. The first-order valence-electron chi connectivity index (χ1n) is 7.49. The van der Waals surface area contributed by atoms with E-state index in [9.17, 15) is 9.59 Å². The van der Waals surface area contributed by atoms with E-state index in [-0.39, 0.29) is 18.4 Å². The van der Waals surface area contributed by atoms with Crippen molar-refractivity contribution in [2.24, 2.45) is 0 Å². The molecule has 122 valence electrons. The van der Waals surface area contributed by atoms with Gasteiger partial charge in [0.05, 0.1) is 18.7 Å². The molecule has 0 spiro atoms. The molecule has 0 fully saturated rings. The lowest BCUT2D eigenvalue weighted by Crippen LogP contribution is -2.31. The average Bonchev–Trinajstić information content (AvgIpc) is 3.07. The van der Waals surface area contributed by atoms with Gasteiger partial charge in [0.15, 0.2) is 0 Å². The molecule has 0 aliphatic carbocycles. The number of ether oxygens (including phenoxy) is 1. The number of hydrogen-bond acceptors (Lipinski definition) is 5. The third-order valence-electron chi connectivity index (χ3n) is 3.12. The van der Waals surface area contributed by atoms with Crippen LogP contribution in [0.15, 0.2) is 41.8 Å². The Morgan fingerprint density at radius 1 is 1.17 bits per heavy atom. The number of rotatable bonds is 8. The molecule has 0 atom stereocenters. The van der Waals surface area contributed by atoms with Crippen LogP contribution in [0.4, 0.5) is 5.69 Å². The Hall–Kier alpha value is -2.34. The fourth-order valence-corrected chi connectivity index (χ4v) is 2.67. The zero-order chi connectivity index (χ0) is 16.5. The van der Waals surface area contributed by atoms with Crippen LogP contribution in [0.1, 0.15) is 22.2 Å². The predicted molar refractivity (Wildman–Crippen MR) is 91.9 cm³/mol. The molecule has 2 aromatic rings. The molecule has 0 unspecified atom stereocenters. The van der Waals surface area contributed by atoms with Gasteiger partial charge < -0.3 is 15.4 Å². The zero-order valence-electron chi connectivity index (χ0n) is 13.0. The Balaban J connectivity index is 1.70. The Bertz CT molecular complexity index is 624. The number of carbonyl (C=O) groups is 2. The molecule has 2 N–H and O–H groups in total. The van der Waals surface area contributed by atoms with Crippen LogP contribution in [-0.4, -0.2) is 31.6 Å². The second-order valence-electron chi connectivity index (χ2n) is 4.83. The molecule has 1 aromatic heterocycles. The van der Waals surface area contributed by atoms with E-state index in [4.69, 9.17) is 4.74 Å². The second kappa shape index (κ2) is 8.95. The minimum absolute atomic E-state index is 0.0592. The lowest BCUT2D eigenvalue weighted by atomic mass is 10.2. The van der Waals surface area contributed by atoms with Gasteiger partial charge >= 0.3 is 5.97 Å². The largest absolute Gasteiger partial charge is 0.462 e. The van der Waals surface area contributed by atoms with Crippen molar-refractivity contribution in [3.8, 4) is 0 Å². The molecule has 0 aliphatic heterocycles. The van der Waals surface area contributed by atoms with Crippen molar-refractivity contribution < 1.29 is 14.3 Å². The van der Waals surface area contributed by atoms with Crippen LogP contribution in [0.3, 0.4) is 0 Å². The molecular weight excluding hydrogens is 312 g/mol. The Morgan fingerprint density at radius 3 is 2.61 bits per heavy atom. The molecule has 2 rings (SSSR count). The molecule has 0 bridgehead atoms. The normalized spacial score (nSPS) is 10.1. The molecule has 1 aromatic carbocycles. The highest BCUT2D eigenvalue weighted by atomic mass is 32.1. The summed E-state index contributed by atoms with van der Waals surface area (Å²) in [4.78, 5) is 24.5. The van der Waals surface area contributed by atoms with Gasteiger partial charge in [0.1, 0.15) is 0 Å². The van der Waals surface area contributed by atoms with Crippen LogP contribution >= 0.6 is 11.3 Å². The van der Waals surface area contributed by atoms with E-state index in [0.717, 1.165) is 12.1 Å². The van der Waals surface area contributed by atoms with Gasteiger partial charge in [-0.1, -0.05) is 6.07 Å². The van der Waals surface area contributed by atoms with Crippen LogP contribution in [-0.2, 0) is 16.0 Å². The zero-order valence-corrected chi connectivity index (χ0v) is 13.8. The van der Waals surface area contributed by atoms with Crippen molar-refractivity contribution in [3.05, 3.63) is 52.2 Å². The summed E-state index contributed by atoms with van der Waals surface area (Å²) < 4.78 is 4.92. The maximum Gasteiger partial charge on any atom is 0.338 e. The Labute approximate surface area is 139 Å². The summed E-state index contributed by atoms with van der Waals surface area (Å²) in [7, 11) is 0. The monoisotopic (exact) mass is 332 g/mol. The molecule has 23 heavy (non-hydrogen) atoms. The van der Waals surface area contributed by atoms with Crippen molar-refractivity contribution in [1.82, 2.24) is 5.32 Å². The highest BCUT2D eigenvalue weighted by molar-refractivity contribution is 7.09. The maximum absolute atomic E-state index is 11.8. The second-order valence-corrected chi connectivity index (χ2v) is 5.86. The summed E-state index contributed by atoms with van der Waals surface area (Å²) in [5, 5.41) is 7.92. The Kier molecular flexibility index (Phi) is 6.62. The first-order valence-corrected chi connectivity index (χ1v) is 8.37. The van der Waals surface area contributed by atoms with Crippen molar-refractivity contribution >= 4 is 28.9 Å². The number of carbonyl (C=O) groups excluding carboxylic acids is 2. The summed E-state index contributed by atoms with van der Waals surface area (Å²) in [6.07, 6.45) is 0.845. The molecule has 6 heteroatoms. The standard InChI is InChI=1S/C17H20N2O3S/c1-2-22-17(21)13-5-7-14(8-6-13)19-12-16(20)18-10-9-15-4-3-11-23-15/h3-8,11,19H,2,9-10,12H2,1H3,(H,18,20). The first kappa shape index (κ1) is 17.0. The summed E-state index contributed by atoms with van der Waals surface area (Å²) in [6, 6.07) is 10.9. The topological polar surface area (TPSA) is 67.4 Å². The number of benzene rings is 1. The van der Waals surface area contributed by atoms with Gasteiger partial charge in [-0.05, 0) is 49.1 Å². The number of nitrogens with one attached hydrogen (secondary N) is 2. The summed E-state index contributed by atoms with van der Waals surface area (Å²) >= 11 is 1.69. The third kappa shape index (κ3) is 5.75. The van der Waals surface area contributed by atoms with Crippen LogP contribution in [0.25, 0.3) is 0 Å². The predicted octanol–water partition coefficient (Wildman–Crippen LogP) is 2.70. The van der Waals surface area contributed by atoms with Gasteiger partial charge in [0.2, 0.25) is 5.91 Å². The van der Waals surface area contributed by atoms with Crippen LogP contribution in [0, 0.1) is 0 Å². The van der Waals surface area contributed by atoms with E-state index in [1.807, 2.05) is 11.4 Å². The molecular formula is C17H20N2O3S. The highest BCUT2D eigenvalue weighted by Gasteiger charge is 2.06. The fourth-order valence-electron chi connectivity index (χ4n) is 1.96. The van der Waals surface area contributed by atoms with Crippen LogP contribution in [0.5, 0.6) is 0 Å². The van der Waals surface area contributed by atoms with Crippen molar-refractivity contribution in [2.75, 3.05) is 25.0 Å². The summed E-state index contributed by atoms with van der Waals surface area (Å²) in [5.74, 6) is -0.401. The molecule has 0 aliphatic rings. The summed E-state index contributed by atoms with van der Waals surface area (Å²) in [6.45, 7) is 2.95. The van der Waals surface area contributed by atoms with Gasteiger partial charge in [0, 0.05) is 17.1 Å². The molecule has 0 radical (unpaired) electrons. The number of amides is 1. The van der Waals surface area contributed by atoms with Crippen molar-refractivity contribution in [2.45, 2.75) is 13.3 Å². The smallest absolute Gasteiger partial charge is 0.338 e. The van der Waals surface area contributed by atoms with Crippen LogP contribution < -0.4 is 10.6 Å². The van der Waals surface area contributed by atoms with Gasteiger partial charge in [-0.15, -0.1) is 11.3 Å². The van der Waals surface area contributed by atoms with Crippen molar-refractivity contribution in [1.29, 1.82) is 0 Å². The molecule has 0 saturated heterocycles. The van der Waals surface area contributed by atoms with Gasteiger partial charge in [-0.2, -0.15) is 0 Å². The van der Waals surface area contributed by atoms with Gasteiger partial charge in [-0.25, -0.2) is 4.79 Å². The van der Waals surface area contributed by atoms with E-state index >= 15 is 0 Å². The van der Waals surface area contributed by atoms with E-state index in [1.54, 1.807) is 42.5 Å². The minimum atomic E-state index is -0.342. The van der Waals surface area contributed by atoms with Crippen molar-refractivity contribution in [3.63, 3.8) is 0 Å². The van der Waals surface area contributed by atoms with Gasteiger partial charge in [-0.3, -0.25) is 4.79 Å². The number of anilines is 1. The van der Waals surface area contributed by atoms with Crippen LogP contribution in [0.2, 0.25) is 0 Å². The van der Waals surface area contributed by atoms with E-state index in [2.05, 4.69) is 16.7 Å². The lowest BCUT2D eigenvalue weighted by molar-refractivity contribution is -0.119. The molecule has 1 heterocycles. The first-order chi connectivity index (χ1) is 11.2. The van der Waals surface area contributed by atoms with E-state index < -0.39 is 0 Å². The lowest BCUT2D eigenvalue weighted by Gasteiger charge is -2.08. The summed E-state index contributed by atoms with van der Waals surface area (Å²) in [5.41, 5.74) is 1.28. The minimum Gasteiger partial charge on any atom is -0.462 e. The number of esters is 1. The quantitative estimate of drug-likeness (QED) is 0.730. The number of hydrogen-bond donors (Lipinski definition) is 2. The average molecular weight is 332 g/mol. The molecule has 1 amide bonds. The highest BCUT2D eigenvalue weighted by Crippen LogP contribution is 2.10. The Morgan fingerprint density at radius 2 is 1.96 bits per heavy atom.